The van der Waals surface area contributed by atoms with Crippen LogP contribution in [0.4, 0.5) is 0 Å². The average molecular weight is 1320 g/mol. The second-order valence-corrected chi connectivity index (χ2v) is 28.4. The fourth-order valence-corrected chi connectivity index (χ4v) is 12.7. The molecule has 1 fully saturated rings. The van der Waals surface area contributed by atoms with E-state index in [4.69, 9.17) is 0 Å². The summed E-state index contributed by atoms with van der Waals surface area (Å²) >= 11 is 1.29. The molecule has 26 heteroatoms. The zero-order chi connectivity index (χ0) is 71.1. The normalized spacial score (nSPS) is 26.9. The third kappa shape index (κ3) is 23.9. The molecule has 0 radical (unpaired) electrons. The molecule has 14 atom stereocenters. The van der Waals surface area contributed by atoms with Crippen molar-refractivity contribution in [3.8, 4) is 0 Å². The Kier molecular flexibility index (Phi) is 36.4. The number of hydrogen-bond acceptors (Lipinski definition) is 15. The molecule has 528 valence electrons. The van der Waals surface area contributed by atoms with Gasteiger partial charge in [0.05, 0.1) is 12.2 Å². The first kappa shape index (κ1) is 84.2. The fourth-order valence-electron chi connectivity index (χ4n) is 11.5. The van der Waals surface area contributed by atoms with Crippen molar-refractivity contribution in [2.75, 3.05) is 67.4 Å². The van der Waals surface area contributed by atoms with Crippen LogP contribution in [0, 0.1) is 35.5 Å². The van der Waals surface area contributed by atoms with Crippen molar-refractivity contribution < 1.29 is 68.1 Å². The largest absolute Gasteiger partial charge is 0.396 e. The lowest BCUT2D eigenvalue weighted by Gasteiger charge is -2.41. The third-order valence-electron chi connectivity index (χ3n) is 17.2. The Hall–Kier alpha value is -5.86. The Morgan fingerprint density at radius 1 is 0.478 bits per heavy atom. The molecular formula is C66H119N11O14S. The van der Waals surface area contributed by atoms with Gasteiger partial charge in [-0.1, -0.05) is 102 Å². The molecule has 1 unspecified atom stereocenters. The minimum atomic E-state index is -1.67. The van der Waals surface area contributed by atoms with Crippen LogP contribution in [0.3, 0.4) is 0 Å². The van der Waals surface area contributed by atoms with Gasteiger partial charge in [0.15, 0.2) is 0 Å². The number of nitrogens with zero attached hydrogens (tertiary/aromatic N) is 7. The Morgan fingerprint density at radius 2 is 0.924 bits per heavy atom. The van der Waals surface area contributed by atoms with Crippen LogP contribution >= 0.6 is 11.8 Å². The van der Waals surface area contributed by atoms with Crippen LogP contribution in [0.1, 0.15) is 162 Å². The van der Waals surface area contributed by atoms with Crippen LogP contribution in [-0.2, 0) is 52.7 Å². The van der Waals surface area contributed by atoms with E-state index in [-0.39, 0.29) is 62.2 Å². The van der Waals surface area contributed by atoms with Crippen molar-refractivity contribution in [3.05, 3.63) is 12.2 Å². The van der Waals surface area contributed by atoms with Crippen molar-refractivity contribution in [2.45, 2.75) is 241 Å². The number of aliphatic hydroxyl groups excluding tert-OH is 3. The lowest BCUT2D eigenvalue weighted by molar-refractivity contribution is -0.157. The highest BCUT2D eigenvalue weighted by Crippen LogP contribution is 2.26. The van der Waals surface area contributed by atoms with E-state index in [1.54, 1.807) is 60.6 Å². The summed E-state index contributed by atoms with van der Waals surface area (Å²) < 4.78 is 0. The monoisotopic (exact) mass is 1320 g/mol. The SMILES string of the molecule is C/C=C/C[C@@H](C)[C@@H](O)[C@H]1C(=O)N[C@@H](CCC)C(=O)N(C)[C@H](CSCCCCO)C(=O)N(C)[C@@H](C(C)O)C(=O)N[C@H](C(C)C)C(=O)N(C)[C@H](CC(C)C)C(=O)N[C@H](C)C(=O)N[C@@H](C)C(=O)N(C)[C@@H](CC(C)C)C(=O)N(C)[C@@H](CC(C)C)C(=O)N(C)[C@@H](C(C)C)C(=O)N1C. The predicted molar refractivity (Wildman–Crippen MR) is 358 cm³/mol. The number of thioether (sulfide) groups is 1. The topological polar surface area (TPSA) is 319 Å². The molecule has 0 aromatic heterocycles. The van der Waals surface area contributed by atoms with Crippen LogP contribution < -0.4 is 21.3 Å². The fraction of sp³-hybridized carbons (Fsp3) is 0.803. The summed E-state index contributed by atoms with van der Waals surface area (Å²) in [6.45, 7) is 27.2. The van der Waals surface area contributed by atoms with Crippen LogP contribution in [0.25, 0.3) is 0 Å². The van der Waals surface area contributed by atoms with Gasteiger partial charge in [0.1, 0.15) is 66.5 Å². The molecule has 7 N–H and O–H groups in total. The number of hydrogen-bond donors (Lipinski definition) is 7. The molecular weight excluding hydrogens is 1200 g/mol. The first-order chi connectivity index (χ1) is 42.7. The maximum absolute atomic E-state index is 15.3. The van der Waals surface area contributed by atoms with Crippen molar-refractivity contribution in [3.63, 3.8) is 0 Å². The Balaban J connectivity index is 4.54. The molecule has 1 aliphatic heterocycles. The van der Waals surface area contributed by atoms with Gasteiger partial charge in [-0.3, -0.25) is 52.7 Å². The summed E-state index contributed by atoms with van der Waals surface area (Å²) in [4.78, 5) is 171. The molecule has 11 amide bonds. The number of carbonyl (C=O) groups is 11. The molecule has 1 rings (SSSR count). The number of carbonyl (C=O) groups excluding carboxylic acids is 11. The van der Waals surface area contributed by atoms with Gasteiger partial charge in [0.25, 0.3) is 0 Å². The zero-order valence-electron chi connectivity index (χ0n) is 59.8. The average Bonchev–Trinajstić information content (AvgIpc) is 0.820. The minimum absolute atomic E-state index is 0.0196. The van der Waals surface area contributed by atoms with Gasteiger partial charge in [0, 0.05) is 61.7 Å². The van der Waals surface area contributed by atoms with Crippen molar-refractivity contribution in [1.82, 2.24) is 55.6 Å². The quantitative estimate of drug-likeness (QED) is 0.0642. The number of rotatable bonds is 21. The van der Waals surface area contributed by atoms with Gasteiger partial charge in [-0.25, -0.2) is 0 Å². The maximum Gasteiger partial charge on any atom is 0.246 e. The molecule has 25 nitrogen and oxygen atoms in total. The Morgan fingerprint density at radius 3 is 1.40 bits per heavy atom. The first-order valence-electron chi connectivity index (χ1n) is 32.9. The Labute approximate surface area is 554 Å². The first-order valence-corrected chi connectivity index (χ1v) is 34.1. The van der Waals surface area contributed by atoms with E-state index >= 15 is 28.8 Å². The summed E-state index contributed by atoms with van der Waals surface area (Å²) in [5.41, 5.74) is 0. The highest BCUT2D eigenvalue weighted by atomic mass is 32.2. The van der Waals surface area contributed by atoms with E-state index in [0.29, 0.717) is 25.0 Å². The summed E-state index contributed by atoms with van der Waals surface area (Å²) in [5, 5.41) is 44.1. The second-order valence-electron chi connectivity index (χ2n) is 27.2. The van der Waals surface area contributed by atoms with Crippen LogP contribution in [0.2, 0.25) is 0 Å². The standard InChI is InChI=1S/C66H119N11O14S/c1-24-26-30-42(13)55(80)54-59(84)69-46(29-25-2)61(86)74(20)50(36-92-32-28-27-31-78)64(89)76(22)53(45(16)79)58(83)70-51(40(9)10)65(90)71(17)47(33-37(3)4)57(82)67-43(14)56(81)68-44(15)60(85)72(18)48(34-38(5)6)62(87)73(19)49(35-39(7)8)63(88)75(21)52(41(11)12)66(91)77(54)23/h24,26,37-55,78-80H,25,27-36H2,1-23H3,(H,67,82)(H,68,81)(H,69,84)(H,70,83)/b26-24+/t42-,43-,44+,45?,46+,47-,48+,49+,50-,51-,52+,53+,54+,55-/m1/s1. The number of nitrogens with one attached hydrogen (secondary N) is 4. The van der Waals surface area contributed by atoms with Gasteiger partial charge < -0.3 is 70.9 Å². The molecule has 92 heavy (non-hydrogen) atoms. The van der Waals surface area contributed by atoms with E-state index in [1.165, 1.54) is 101 Å². The van der Waals surface area contributed by atoms with Crippen molar-refractivity contribution >= 4 is 76.7 Å². The van der Waals surface area contributed by atoms with Crippen molar-refractivity contribution in [2.24, 2.45) is 35.5 Å². The molecule has 0 aromatic rings. The minimum Gasteiger partial charge on any atom is -0.396 e. The predicted octanol–water partition coefficient (Wildman–Crippen LogP) is 2.87. The lowest BCUT2D eigenvalue weighted by Crippen LogP contribution is -2.64. The van der Waals surface area contributed by atoms with E-state index in [9.17, 15) is 39.3 Å². The van der Waals surface area contributed by atoms with Crippen molar-refractivity contribution in [1.29, 1.82) is 0 Å². The van der Waals surface area contributed by atoms with Crippen LogP contribution in [-0.4, -0.2) is 261 Å². The highest BCUT2D eigenvalue weighted by Gasteiger charge is 2.47. The molecule has 1 heterocycles. The molecule has 0 saturated carbocycles. The molecule has 1 saturated heterocycles. The number of likely N-dealkylation sites (N-methyl/N-ethyl adjacent to an activating group) is 7. The molecule has 1 aliphatic rings. The molecule has 0 aliphatic carbocycles. The van der Waals surface area contributed by atoms with Gasteiger partial charge in [-0.2, -0.15) is 11.8 Å². The third-order valence-corrected chi connectivity index (χ3v) is 18.3. The van der Waals surface area contributed by atoms with Gasteiger partial charge in [-0.05, 0) is 114 Å². The van der Waals surface area contributed by atoms with E-state index in [0.717, 1.165) is 14.7 Å². The van der Waals surface area contributed by atoms with Crippen LogP contribution in [0.5, 0.6) is 0 Å². The number of unbranched alkanes of at least 4 members (excludes halogenated alkanes) is 1. The Bertz CT molecular complexity index is 2480. The van der Waals surface area contributed by atoms with Gasteiger partial charge in [0.2, 0.25) is 65.0 Å². The summed E-state index contributed by atoms with van der Waals surface area (Å²) in [7, 11) is 9.68. The molecule has 0 spiro atoms. The number of aliphatic hydroxyl groups is 3. The maximum atomic E-state index is 15.3. The van der Waals surface area contributed by atoms with E-state index in [2.05, 4.69) is 21.3 Å². The summed E-state index contributed by atoms with van der Waals surface area (Å²) in [6, 6.07) is -14.8. The summed E-state index contributed by atoms with van der Waals surface area (Å²) in [6.07, 6.45) is 2.45. The lowest BCUT2D eigenvalue weighted by atomic mass is 9.91. The highest BCUT2D eigenvalue weighted by molar-refractivity contribution is 7.99. The number of amides is 11. The van der Waals surface area contributed by atoms with E-state index in [1.807, 2.05) is 41.5 Å². The molecule has 0 aromatic carbocycles. The number of allylic oxidation sites excluding steroid dienone is 2. The smallest absolute Gasteiger partial charge is 0.246 e. The second kappa shape index (κ2) is 39.8. The zero-order valence-corrected chi connectivity index (χ0v) is 60.6. The van der Waals surface area contributed by atoms with Gasteiger partial charge >= 0.3 is 0 Å². The summed E-state index contributed by atoms with van der Waals surface area (Å²) in [5.74, 6) is -10.3. The van der Waals surface area contributed by atoms with Gasteiger partial charge in [-0.15, -0.1) is 0 Å². The molecule has 0 bridgehead atoms. The van der Waals surface area contributed by atoms with E-state index < -0.39 is 161 Å². The van der Waals surface area contributed by atoms with Crippen LogP contribution in [0.15, 0.2) is 12.2 Å².